The van der Waals surface area contributed by atoms with Crippen molar-refractivity contribution in [2.45, 2.75) is 6.04 Å². The van der Waals surface area contributed by atoms with Crippen molar-refractivity contribution in [3.63, 3.8) is 0 Å². The number of nitrogens with zero attached hydrogens (tertiary/aromatic N) is 1. The molecule has 1 heterocycles. The molecule has 2 N–H and O–H groups in total. The number of rotatable bonds is 6. The predicted octanol–water partition coefficient (Wildman–Crippen LogP) is 4.04. The maximum atomic E-state index is 13.3. The number of aliphatic hydroxyl groups excluding tert-OH is 1. The van der Waals surface area contributed by atoms with Crippen LogP contribution in [-0.2, 0) is 9.59 Å². The molecule has 1 atom stereocenters. The Labute approximate surface area is 196 Å². The number of ketones is 1. The monoisotopic (exact) mass is 461 g/mol. The first-order valence-electron chi connectivity index (χ1n) is 10.4. The molecule has 4 rings (SSSR count). The first-order chi connectivity index (χ1) is 16.4. The summed E-state index contributed by atoms with van der Waals surface area (Å²) < 4.78 is 16.1. The van der Waals surface area contributed by atoms with Gasteiger partial charge in [0.1, 0.15) is 28.8 Å². The van der Waals surface area contributed by atoms with Crippen LogP contribution >= 0.6 is 0 Å². The lowest BCUT2D eigenvalue weighted by molar-refractivity contribution is -0.132. The number of ether oxygens (including phenoxy) is 3. The van der Waals surface area contributed by atoms with E-state index in [9.17, 15) is 19.8 Å². The first kappa shape index (κ1) is 22.7. The first-order valence-corrected chi connectivity index (χ1v) is 10.4. The average molecular weight is 461 g/mol. The molecule has 0 saturated carbocycles. The molecule has 8 nitrogen and oxygen atoms in total. The lowest BCUT2D eigenvalue weighted by atomic mass is 9.94. The quantitative estimate of drug-likeness (QED) is 0.324. The number of carbonyl (C=O) groups excluding carboxylic acids is 2. The van der Waals surface area contributed by atoms with Crippen molar-refractivity contribution in [3.05, 3.63) is 83.4 Å². The third kappa shape index (κ3) is 3.79. The molecule has 0 bridgehead atoms. The average Bonchev–Trinajstić information content (AvgIpc) is 3.13. The van der Waals surface area contributed by atoms with Gasteiger partial charge in [-0.05, 0) is 48.0 Å². The van der Waals surface area contributed by atoms with Gasteiger partial charge >= 0.3 is 0 Å². The molecular weight excluding hydrogens is 438 g/mol. The van der Waals surface area contributed by atoms with Gasteiger partial charge in [-0.1, -0.05) is 24.3 Å². The van der Waals surface area contributed by atoms with Crippen LogP contribution < -0.4 is 19.1 Å². The summed E-state index contributed by atoms with van der Waals surface area (Å²) in [5.41, 5.74) is 0.935. The Balaban J connectivity index is 2.01. The van der Waals surface area contributed by atoms with E-state index in [4.69, 9.17) is 14.2 Å². The molecule has 1 aliphatic heterocycles. The number of methoxy groups -OCH3 is 3. The van der Waals surface area contributed by atoms with E-state index in [0.717, 1.165) is 0 Å². The summed E-state index contributed by atoms with van der Waals surface area (Å²) in [5.74, 6) is -0.977. The summed E-state index contributed by atoms with van der Waals surface area (Å²) in [6.07, 6.45) is 0. The number of aliphatic hydroxyl groups is 1. The second-order valence-corrected chi connectivity index (χ2v) is 7.50. The Morgan fingerprint density at radius 2 is 1.53 bits per heavy atom. The van der Waals surface area contributed by atoms with Gasteiger partial charge in [-0.25, -0.2) is 0 Å². The Hall–Kier alpha value is -4.46. The van der Waals surface area contributed by atoms with Crippen molar-refractivity contribution in [1.29, 1.82) is 0 Å². The minimum Gasteiger partial charge on any atom is -0.508 e. The summed E-state index contributed by atoms with van der Waals surface area (Å²) in [6.45, 7) is 0. The largest absolute Gasteiger partial charge is 0.508 e. The van der Waals surface area contributed by atoms with Crippen LogP contribution in [0.25, 0.3) is 5.76 Å². The van der Waals surface area contributed by atoms with E-state index >= 15 is 0 Å². The SMILES string of the molecule is COc1ccc(OC)c(/C(O)=C2\C(=O)C(=O)N(c3ccccc3OC)C2c2ccc(O)cc2)c1. The van der Waals surface area contributed by atoms with Crippen LogP contribution in [0.1, 0.15) is 17.2 Å². The fraction of sp³-hybridized carbons (Fsp3) is 0.154. The van der Waals surface area contributed by atoms with E-state index in [1.54, 1.807) is 48.5 Å². The zero-order valence-corrected chi connectivity index (χ0v) is 18.8. The number of carbonyl (C=O) groups is 2. The number of phenols is 1. The molecule has 0 aromatic heterocycles. The van der Waals surface area contributed by atoms with Crippen LogP contribution in [0.4, 0.5) is 5.69 Å². The molecule has 8 heteroatoms. The van der Waals surface area contributed by atoms with Gasteiger partial charge in [-0.2, -0.15) is 0 Å². The van der Waals surface area contributed by atoms with Gasteiger partial charge in [0, 0.05) is 0 Å². The minimum absolute atomic E-state index is 0.0208. The van der Waals surface area contributed by atoms with Gasteiger partial charge in [-0.3, -0.25) is 14.5 Å². The van der Waals surface area contributed by atoms with Gasteiger partial charge in [0.15, 0.2) is 0 Å². The number of aromatic hydroxyl groups is 1. The summed E-state index contributed by atoms with van der Waals surface area (Å²) in [7, 11) is 4.37. The topological polar surface area (TPSA) is 106 Å². The molecule has 1 saturated heterocycles. The fourth-order valence-electron chi connectivity index (χ4n) is 4.03. The molecule has 34 heavy (non-hydrogen) atoms. The highest BCUT2D eigenvalue weighted by Crippen LogP contribution is 2.46. The zero-order valence-electron chi connectivity index (χ0n) is 18.8. The second kappa shape index (κ2) is 9.19. The van der Waals surface area contributed by atoms with Crippen molar-refractivity contribution in [2.24, 2.45) is 0 Å². The Bertz CT molecular complexity index is 1280. The van der Waals surface area contributed by atoms with E-state index in [1.807, 2.05) is 0 Å². The number of hydrogen-bond donors (Lipinski definition) is 2. The second-order valence-electron chi connectivity index (χ2n) is 7.50. The molecule has 1 unspecified atom stereocenters. The van der Waals surface area contributed by atoms with Crippen LogP contribution in [0.3, 0.4) is 0 Å². The summed E-state index contributed by atoms with van der Waals surface area (Å²) in [6, 6.07) is 16.7. The van der Waals surface area contributed by atoms with Crippen molar-refractivity contribution >= 4 is 23.1 Å². The molecule has 3 aromatic rings. The van der Waals surface area contributed by atoms with Crippen molar-refractivity contribution < 1.29 is 34.0 Å². The summed E-state index contributed by atoms with van der Waals surface area (Å²) in [5, 5.41) is 21.2. The third-order valence-corrected chi connectivity index (χ3v) is 5.66. The van der Waals surface area contributed by atoms with Crippen LogP contribution in [0.5, 0.6) is 23.0 Å². The third-order valence-electron chi connectivity index (χ3n) is 5.66. The number of hydrogen-bond acceptors (Lipinski definition) is 7. The standard InChI is InChI=1S/C26H23NO7/c1-32-17-12-13-20(33-2)18(14-17)24(29)22-23(15-8-10-16(28)11-9-15)27(26(31)25(22)30)19-6-4-5-7-21(19)34-3/h4-14,23,28-29H,1-3H3/b24-22+. The van der Waals surface area contributed by atoms with Gasteiger partial charge in [0.2, 0.25) is 0 Å². The smallest absolute Gasteiger partial charge is 0.300 e. The molecular formula is C26H23NO7. The molecule has 1 aliphatic rings. The van der Waals surface area contributed by atoms with Crippen LogP contribution in [-0.4, -0.2) is 43.2 Å². The zero-order chi connectivity index (χ0) is 24.4. The van der Waals surface area contributed by atoms with E-state index in [1.165, 1.54) is 44.4 Å². The highest BCUT2D eigenvalue weighted by Gasteiger charge is 2.48. The van der Waals surface area contributed by atoms with Gasteiger partial charge in [0.25, 0.3) is 11.7 Å². The predicted molar refractivity (Wildman–Crippen MR) is 125 cm³/mol. The van der Waals surface area contributed by atoms with Gasteiger partial charge in [-0.15, -0.1) is 0 Å². The number of benzene rings is 3. The van der Waals surface area contributed by atoms with Crippen molar-refractivity contribution in [2.75, 3.05) is 26.2 Å². The number of amides is 1. The normalized spacial score (nSPS) is 17.0. The van der Waals surface area contributed by atoms with E-state index in [0.29, 0.717) is 28.5 Å². The number of phenolic OH excluding ortho intramolecular Hbond substituents is 1. The summed E-state index contributed by atoms with van der Waals surface area (Å²) >= 11 is 0. The van der Waals surface area contributed by atoms with Gasteiger partial charge in [0.05, 0.1) is 44.2 Å². The van der Waals surface area contributed by atoms with E-state index < -0.39 is 23.5 Å². The van der Waals surface area contributed by atoms with Gasteiger partial charge < -0.3 is 24.4 Å². The highest BCUT2D eigenvalue weighted by atomic mass is 16.5. The van der Waals surface area contributed by atoms with E-state index in [-0.39, 0.29) is 16.9 Å². The Morgan fingerprint density at radius 1 is 0.853 bits per heavy atom. The number of Topliss-reactive ketones (excluding diaryl/α,β-unsaturated/α-hetero) is 1. The summed E-state index contributed by atoms with van der Waals surface area (Å²) in [4.78, 5) is 27.9. The van der Waals surface area contributed by atoms with Crippen LogP contribution in [0, 0.1) is 0 Å². The fourth-order valence-corrected chi connectivity index (χ4v) is 4.03. The number of anilines is 1. The molecule has 1 fully saturated rings. The molecule has 0 aliphatic carbocycles. The Morgan fingerprint density at radius 3 is 2.18 bits per heavy atom. The molecule has 0 radical (unpaired) electrons. The Kier molecular flexibility index (Phi) is 6.14. The maximum Gasteiger partial charge on any atom is 0.300 e. The maximum absolute atomic E-state index is 13.3. The molecule has 0 spiro atoms. The lowest BCUT2D eigenvalue weighted by Crippen LogP contribution is -2.29. The van der Waals surface area contributed by atoms with Crippen molar-refractivity contribution in [1.82, 2.24) is 0 Å². The molecule has 174 valence electrons. The lowest BCUT2D eigenvalue weighted by Gasteiger charge is -2.27. The molecule has 1 amide bonds. The van der Waals surface area contributed by atoms with Crippen LogP contribution in [0.15, 0.2) is 72.3 Å². The molecule has 3 aromatic carbocycles. The number of para-hydroxylation sites is 2. The van der Waals surface area contributed by atoms with Crippen LogP contribution in [0.2, 0.25) is 0 Å². The van der Waals surface area contributed by atoms with Crippen molar-refractivity contribution in [3.8, 4) is 23.0 Å². The minimum atomic E-state index is -0.993. The van der Waals surface area contributed by atoms with E-state index in [2.05, 4.69) is 0 Å². The highest BCUT2D eigenvalue weighted by molar-refractivity contribution is 6.52.